The van der Waals surface area contributed by atoms with Crippen LogP contribution in [-0.2, 0) is 22.1 Å². The van der Waals surface area contributed by atoms with Crippen molar-refractivity contribution in [3.63, 3.8) is 0 Å². The van der Waals surface area contributed by atoms with Crippen LogP contribution in [0, 0.1) is 0 Å². The first-order chi connectivity index (χ1) is 9.53. The summed E-state index contributed by atoms with van der Waals surface area (Å²) in [7, 11) is -10.7. The minimum absolute atomic E-state index is 0.0497. The van der Waals surface area contributed by atoms with E-state index in [4.69, 9.17) is 19.6 Å². The van der Waals surface area contributed by atoms with Gasteiger partial charge in [0.05, 0.1) is 0 Å². The van der Waals surface area contributed by atoms with E-state index < -0.39 is 26.7 Å². The van der Waals surface area contributed by atoms with Crippen molar-refractivity contribution in [2.45, 2.75) is 44.2 Å². The molecule has 1 aromatic rings. The van der Waals surface area contributed by atoms with Gasteiger partial charge in [-0.15, -0.1) is 0 Å². The minimum Gasteiger partial charge on any atom is -0.368 e. The smallest absolute Gasteiger partial charge is 0.368 e. The van der Waals surface area contributed by atoms with E-state index in [1.807, 2.05) is 11.5 Å². The Morgan fingerprint density at radius 3 is 2.24 bits per heavy atom. The molecule has 0 aliphatic heterocycles. The fraction of sp³-hybridized carbons (Fsp3) is 0.700. The van der Waals surface area contributed by atoms with Gasteiger partial charge in [-0.2, -0.15) is 0 Å². The molecular formula is C10H20N2O7P2. The molecule has 0 aliphatic rings. The van der Waals surface area contributed by atoms with Crippen LogP contribution < -0.4 is 0 Å². The predicted octanol–water partition coefficient (Wildman–Crippen LogP) is 0.617. The third kappa shape index (κ3) is 4.23. The Morgan fingerprint density at radius 1 is 1.19 bits per heavy atom. The van der Waals surface area contributed by atoms with Crippen LogP contribution >= 0.6 is 15.2 Å². The van der Waals surface area contributed by atoms with Gasteiger partial charge in [0.1, 0.15) is 5.82 Å². The van der Waals surface area contributed by atoms with Gasteiger partial charge < -0.3 is 29.2 Å². The molecule has 5 N–H and O–H groups in total. The van der Waals surface area contributed by atoms with Crippen LogP contribution in [0.1, 0.15) is 32.0 Å². The van der Waals surface area contributed by atoms with E-state index in [-0.39, 0.29) is 6.42 Å². The largest absolute Gasteiger partial charge is 0.369 e. The summed E-state index contributed by atoms with van der Waals surface area (Å²) in [5.74, 6) is 0.843. The molecular weight excluding hydrogens is 322 g/mol. The lowest BCUT2D eigenvalue weighted by Crippen LogP contribution is -2.28. The summed E-state index contributed by atoms with van der Waals surface area (Å²) >= 11 is 0. The number of aliphatic hydroxyl groups is 1. The number of imidazole rings is 1. The Morgan fingerprint density at radius 2 is 1.76 bits per heavy atom. The predicted molar refractivity (Wildman–Crippen MR) is 74.5 cm³/mol. The molecule has 1 heterocycles. The third-order valence-electron chi connectivity index (χ3n) is 3.21. The maximum atomic E-state index is 11.2. The maximum absolute atomic E-state index is 11.2. The third-order valence-corrected chi connectivity index (χ3v) is 7.09. The average molecular weight is 342 g/mol. The lowest BCUT2D eigenvalue weighted by Gasteiger charge is -2.29. The molecule has 0 unspecified atom stereocenters. The summed E-state index contributed by atoms with van der Waals surface area (Å²) in [5.41, 5.74) is 0. The number of aromatic nitrogens is 2. The van der Waals surface area contributed by atoms with E-state index in [1.165, 1.54) is 0 Å². The van der Waals surface area contributed by atoms with Crippen molar-refractivity contribution in [2.24, 2.45) is 0 Å². The highest BCUT2D eigenvalue weighted by Gasteiger charge is 2.58. The molecule has 0 bridgehead atoms. The average Bonchev–Trinajstić information content (AvgIpc) is 2.78. The molecule has 0 spiro atoms. The molecule has 0 amide bonds. The monoisotopic (exact) mass is 342 g/mol. The summed E-state index contributed by atoms with van der Waals surface area (Å²) in [6.45, 7) is 2.42. The van der Waals surface area contributed by atoms with Crippen molar-refractivity contribution >= 4 is 15.2 Å². The summed E-state index contributed by atoms with van der Waals surface area (Å²) < 4.78 is 24.2. The summed E-state index contributed by atoms with van der Waals surface area (Å²) in [6, 6.07) is 0. The Hall–Kier alpha value is -0.530. The number of aryl methyl sites for hydroxylation is 2. The van der Waals surface area contributed by atoms with Crippen molar-refractivity contribution in [2.75, 3.05) is 0 Å². The van der Waals surface area contributed by atoms with Crippen molar-refractivity contribution < 1.29 is 33.8 Å². The quantitative estimate of drug-likeness (QED) is 0.340. The molecule has 11 heteroatoms. The van der Waals surface area contributed by atoms with Crippen LogP contribution in [0.5, 0.6) is 0 Å². The normalized spacial score (nSPS) is 13.6. The minimum atomic E-state index is -5.35. The Balaban J connectivity index is 2.64. The second-order valence-corrected chi connectivity index (χ2v) is 8.72. The van der Waals surface area contributed by atoms with Gasteiger partial charge in [-0.1, -0.05) is 6.92 Å². The molecule has 9 nitrogen and oxygen atoms in total. The molecule has 0 atom stereocenters. The fourth-order valence-corrected chi connectivity index (χ4v) is 4.22. The van der Waals surface area contributed by atoms with Gasteiger partial charge in [0.25, 0.3) is 5.08 Å². The Labute approximate surface area is 122 Å². The topological polar surface area (TPSA) is 153 Å². The highest BCUT2D eigenvalue weighted by Crippen LogP contribution is 2.69. The first kappa shape index (κ1) is 18.5. The van der Waals surface area contributed by atoms with Crippen LogP contribution in [-0.4, -0.2) is 39.3 Å². The van der Waals surface area contributed by atoms with Crippen molar-refractivity contribution in [1.29, 1.82) is 0 Å². The molecule has 0 radical (unpaired) electrons. The molecule has 0 saturated heterocycles. The zero-order chi connectivity index (χ0) is 16.3. The molecule has 0 fully saturated rings. The second-order valence-electron chi connectivity index (χ2n) is 4.71. The van der Waals surface area contributed by atoms with Crippen LogP contribution in [0.15, 0.2) is 12.4 Å². The molecule has 0 aromatic carbocycles. The fourth-order valence-electron chi connectivity index (χ4n) is 1.96. The van der Waals surface area contributed by atoms with Crippen molar-refractivity contribution in [3.05, 3.63) is 18.2 Å². The molecule has 0 saturated carbocycles. The Kier molecular flexibility index (Phi) is 5.91. The molecule has 0 aliphatic carbocycles. The standard InChI is InChI=1S/C10H20N2O7P2/c1-2-9-11-6-8-12(9)7-4-3-5-10(13,20(14,15)16)21(17,18)19/h6,8,13H,2-5,7H2,1H3,(H2,14,15,16)(H2,17,18,19). The van der Waals surface area contributed by atoms with Gasteiger partial charge in [0.2, 0.25) is 0 Å². The number of rotatable bonds is 8. The number of hydrogen-bond donors (Lipinski definition) is 5. The van der Waals surface area contributed by atoms with Crippen LogP contribution in [0.2, 0.25) is 0 Å². The van der Waals surface area contributed by atoms with Gasteiger partial charge >= 0.3 is 15.2 Å². The van der Waals surface area contributed by atoms with E-state index in [0.717, 1.165) is 12.2 Å². The van der Waals surface area contributed by atoms with E-state index >= 15 is 0 Å². The number of nitrogens with zero attached hydrogens (tertiary/aromatic N) is 2. The lowest BCUT2D eigenvalue weighted by atomic mass is 10.2. The van der Waals surface area contributed by atoms with Crippen LogP contribution in [0.4, 0.5) is 0 Å². The highest BCUT2D eigenvalue weighted by molar-refractivity contribution is 7.72. The summed E-state index contributed by atoms with van der Waals surface area (Å²) in [5, 5.41) is 6.38. The first-order valence-electron chi connectivity index (χ1n) is 6.36. The van der Waals surface area contributed by atoms with Gasteiger partial charge in [0, 0.05) is 25.4 Å². The molecule has 1 rings (SSSR count). The van der Waals surface area contributed by atoms with E-state index in [0.29, 0.717) is 13.0 Å². The summed E-state index contributed by atoms with van der Waals surface area (Å²) in [6.07, 6.45) is 3.86. The zero-order valence-electron chi connectivity index (χ0n) is 11.5. The SMILES string of the molecule is CCc1nccn1CCCCC(O)(P(=O)(O)O)P(=O)(O)O. The van der Waals surface area contributed by atoms with E-state index in [2.05, 4.69) is 4.98 Å². The van der Waals surface area contributed by atoms with E-state index in [9.17, 15) is 14.2 Å². The lowest BCUT2D eigenvalue weighted by molar-refractivity contribution is 0.120. The van der Waals surface area contributed by atoms with Crippen molar-refractivity contribution in [3.8, 4) is 0 Å². The highest BCUT2D eigenvalue weighted by atomic mass is 31.2. The van der Waals surface area contributed by atoms with Gasteiger partial charge in [-0.05, 0) is 19.3 Å². The first-order valence-corrected chi connectivity index (χ1v) is 9.59. The van der Waals surface area contributed by atoms with Crippen LogP contribution in [0.25, 0.3) is 0 Å². The van der Waals surface area contributed by atoms with Gasteiger partial charge in [-0.3, -0.25) is 9.13 Å². The zero-order valence-corrected chi connectivity index (χ0v) is 13.3. The van der Waals surface area contributed by atoms with Gasteiger partial charge in [0.15, 0.2) is 0 Å². The van der Waals surface area contributed by atoms with Gasteiger partial charge in [-0.25, -0.2) is 4.98 Å². The number of hydrogen-bond acceptors (Lipinski definition) is 4. The molecule has 122 valence electrons. The van der Waals surface area contributed by atoms with Crippen molar-refractivity contribution in [1.82, 2.24) is 9.55 Å². The maximum Gasteiger partial charge on any atom is 0.369 e. The molecule has 21 heavy (non-hydrogen) atoms. The molecule has 1 aromatic heterocycles. The Bertz CT molecular complexity index is 540. The van der Waals surface area contributed by atoms with Crippen LogP contribution in [0.3, 0.4) is 0 Å². The number of unbranched alkanes of at least 4 members (excludes halogenated alkanes) is 1. The second kappa shape index (κ2) is 6.71. The van der Waals surface area contributed by atoms with E-state index in [1.54, 1.807) is 12.4 Å². The summed E-state index contributed by atoms with van der Waals surface area (Å²) in [4.78, 5) is 40.1.